The van der Waals surface area contributed by atoms with Gasteiger partial charge in [-0.25, -0.2) is 0 Å². The summed E-state index contributed by atoms with van der Waals surface area (Å²) in [4.78, 5) is 2.32. The normalized spacial score (nSPS) is 26.7. The Balaban J connectivity index is 1.58. The lowest BCUT2D eigenvalue weighted by atomic mass is 9.96. The molecule has 1 saturated heterocycles. The highest BCUT2D eigenvalue weighted by molar-refractivity contribution is 5.00. The molecule has 2 aliphatic rings. The minimum Gasteiger partial charge on any atom is -0.392 e. The van der Waals surface area contributed by atoms with Crippen LogP contribution in [-0.4, -0.2) is 39.0 Å². The number of rotatable bonds is 3. The first-order chi connectivity index (χ1) is 9.31. The lowest BCUT2D eigenvalue weighted by Crippen LogP contribution is -2.37. The van der Waals surface area contributed by atoms with Gasteiger partial charge in [0.2, 0.25) is 0 Å². The number of hydrogen-bond donors (Lipinski definition) is 1. The van der Waals surface area contributed by atoms with Crippen LogP contribution in [0, 0.1) is 0 Å². The molecule has 2 heterocycles. The summed E-state index contributed by atoms with van der Waals surface area (Å²) in [5.41, 5.74) is 1.15. The number of hydrogen-bond acceptors (Lipinski definition) is 3. The van der Waals surface area contributed by atoms with Crippen molar-refractivity contribution in [3.8, 4) is 0 Å². The van der Waals surface area contributed by atoms with Gasteiger partial charge in [0.25, 0.3) is 0 Å². The molecule has 2 fully saturated rings. The molecule has 1 aromatic heterocycles. The van der Waals surface area contributed by atoms with E-state index in [0.29, 0.717) is 6.04 Å². The Hall–Kier alpha value is -0.870. The molecule has 0 unspecified atom stereocenters. The highest BCUT2D eigenvalue weighted by Crippen LogP contribution is 2.27. The Morgan fingerprint density at radius 1 is 1.16 bits per heavy atom. The van der Waals surface area contributed by atoms with Gasteiger partial charge in [-0.3, -0.25) is 9.58 Å². The molecule has 1 aliphatic carbocycles. The summed E-state index contributed by atoms with van der Waals surface area (Å²) in [6.07, 6.45) is 10.7. The third-order valence-corrected chi connectivity index (χ3v) is 4.48. The fourth-order valence-corrected chi connectivity index (χ4v) is 3.41. The Labute approximate surface area is 115 Å². The topological polar surface area (TPSA) is 41.3 Å². The molecule has 106 valence electrons. The summed E-state index contributed by atoms with van der Waals surface area (Å²) in [7, 11) is 0. The highest BCUT2D eigenvalue weighted by Gasteiger charge is 2.20. The van der Waals surface area contributed by atoms with Crippen molar-refractivity contribution < 1.29 is 5.11 Å². The minimum absolute atomic E-state index is 0.144. The molecule has 1 N–H and O–H groups in total. The molecule has 0 radical (unpaired) electrons. The molecule has 0 aromatic carbocycles. The van der Waals surface area contributed by atoms with Crippen molar-refractivity contribution in [3.05, 3.63) is 18.0 Å². The summed E-state index contributed by atoms with van der Waals surface area (Å²) >= 11 is 0. The summed E-state index contributed by atoms with van der Waals surface area (Å²) in [5.74, 6) is 0. The van der Waals surface area contributed by atoms with E-state index in [2.05, 4.69) is 21.8 Å². The van der Waals surface area contributed by atoms with Gasteiger partial charge in [0.1, 0.15) is 0 Å². The summed E-state index contributed by atoms with van der Waals surface area (Å²) < 4.78 is 2.18. The molecule has 1 aliphatic heterocycles. The predicted octanol–water partition coefficient (Wildman–Crippen LogP) is 2.35. The summed E-state index contributed by atoms with van der Waals surface area (Å²) in [6.45, 7) is 2.78. The molecule has 0 amide bonds. The van der Waals surface area contributed by atoms with Crippen molar-refractivity contribution in [3.63, 3.8) is 0 Å². The fraction of sp³-hybridized carbons (Fsp3) is 0.800. The maximum atomic E-state index is 9.70. The van der Waals surface area contributed by atoms with E-state index in [1.165, 1.54) is 32.1 Å². The molecular weight excluding hydrogens is 238 g/mol. The van der Waals surface area contributed by atoms with Crippen LogP contribution >= 0.6 is 0 Å². The monoisotopic (exact) mass is 263 g/mol. The van der Waals surface area contributed by atoms with Crippen LogP contribution in [-0.2, 0) is 6.54 Å². The number of aliphatic hydroxyl groups is 1. The van der Waals surface area contributed by atoms with Crippen LogP contribution in [0.5, 0.6) is 0 Å². The quantitative estimate of drug-likeness (QED) is 0.910. The van der Waals surface area contributed by atoms with Gasteiger partial charge in [-0.1, -0.05) is 19.3 Å². The van der Waals surface area contributed by atoms with Crippen LogP contribution < -0.4 is 0 Å². The van der Waals surface area contributed by atoms with Crippen molar-refractivity contribution >= 4 is 0 Å². The molecule has 0 bridgehead atoms. The third-order valence-electron chi connectivity index (χ3n) is 4.48. The smallest absolute Gasteiger partial charge is 0.0764 e. The van der Waals surface area contributed by atoms with Gasteiger partial charge >= 0.3 is 0 Å². The van der Waals surface area contributed by atoms with Gasteiger partial charge < -0.3 is 5.11 Å². The Morgan fingerprint density at radius 2 is 2.00 bits per heavy atom. The Bertz CT molecular complexity index is 398. The van der Waals surface area contributed by atoms with Crippen LogP contribution in [0.2, 0.25) is 0 Å². The maximum absolute atomic E-state index is 9.70. The summed E-state index contributed by atoms with van der Waals surface area (Å²) in [6, 6.07) is 2.77. The number of nitrogens with zero attached hydrogens (tertiary/aromatic N) is 3. The Kier molecular flexibility index (Phi) is 4.18. The van der Waals surface area contributed by atoms with E-state index in [0.717, 1.165) is 38.2 Å². The van der Waals surface area contributed by atoms with Crippen LogP contribution in [0.1, 0.15) is 56.7 Å². The SMILES string of the molecule is O[C@H]1CCCN(Cc2ccn(C3CCCCC3)n2)C1. The van der Waals surface area contributed by atoms with E-state index in [1.54, 1.807) is 0 Å². The van der Waals surface area contributed by atoms with Crippen molar-refractivity contribution in [1.82, 2.24) is 14.7 Å². The standard InChI is InChI=1S/C15H25N3O/c19-15-7-4-9-17(12-15)11-13-8-10-18(16-13)14-5-2-1-3-6-14/h8,10,14-15,19H,1-7,9,11-12H2/t15-/m0/s1. The van der Waals surface area contributed by atoms with Crippen LogP contribution in [0.25, 0.3) is 0 Å². The molecule has 0 spiro atoms. The lowest BCUT2D eigenvalue weighted by Gasteiger charge is -2.29. The van der Waals surface area contributed by atoms with Gasteiger partial charge in [-0.05, 0) is 38.3 Å². The van der Waals surface area contributed by atoms with E-state index in [1.807, 2.05) is 0 Å². The lowest BCUT2D eigenvalue weighted by molar-refractivity contribution is 0.0660. The van der Waals surface area contributed by atoms with E-state index in [4.69, 9.17) is 5.10 Å². The Morgan fingerprint density at radius 3 is 2.79 bits per heavy atom. The largest absolute Gasteiger partial charge is 0.392 e. The number of piperidine rings is 1. The number of likely N-dealkylation sites (tertiary alicyclic amines) is 1. The second kappa shape index (κ2) is 6.06. The van der Waals surface area contributed by atoms with Gasteiger partial charge in [0.15, 0.2) is 0 Å². The zero-order chi connectivity index (χ0) is 13.1. The molecule has 4 heteroatoms. The zero-order valence-corrected chi connectivity index (χ0v) is 11.7. The predicted molar refractivity (Wildman–Crippen MR) is 74.9 cm³/mol. The highest BCUT2D eigenvalue weighted by atomic mass is 16.3. The fourth-order valence-electron chi connectivity index (χ4n) is 3.41. The van der Waals surface area contributed by atoms with Crippen molar-refractivity contribution in [2.24, 2.45) is 0 Å². The molecular formula is C15H25N3O. The van der Waals surface area contributed by atoms with E-state index >= 15 is 0 Å². The minimum atomic E-state index is -0.144. The first-order valence-electron chi connectivity index (χ1n) is 7.76. The van der Waals surface area contributed by atoms with Crippen LogP contribution in [0.3, 0.4) is 0 Å². The second-order valence-electron chi connectivity index (χ2n) is 6.11. The van der Waals surface area contributed by atoms with E-state index < -0.39 is 0 Å². The first-order valence-corrected chi connectivity index (χ1v) is 7.76. The van der Waals surface area contributed by atoms with Gasteiger partial charge in [-0.2, -0.15) is 5.10 Å². The van der Waals surface area contributed by atoms with Gasteiger partial charge in [-0.15, -0.1) is 0 Å². The summed E-state index contributed by atoms with van der Waals surface area (Å²) in [5, 5.41) is 14.4. The van der Waals surface area contributed by atoms with E-state index in [-0.39, 0.29) is 6.10 Å². The molecule has 1 saturated carbocycles. The molecule has 1 atom stereocenters. The van der Waals surface area contributed by atoms with Crippen molar-refractivity contribution in [1.29, 1.82) is 0 Å². The number of aliphatic hydroxyl groups excluding tert-OH is 1. The first kappa shape index (κ1) is 13.1. The van der Waals surface area contributed by atoms with E-state index in [9.17, 15) is 5.11 Å². The molecule has 1 aromatic rings. The van der Waals surface area contributed by atoms with Crippen molar-refractivity contribution in [2.45, 2.75) is 63.6 Å². The number of aromatic nitrogens is 2. The van der Waals surface area contributed by atoms with Gasteiger partial charge in [0.05, 0.1) is 17.8 Å². The average Bonchev–Trinajstić information content (AvgIpc) is 2.88. The second-order valence-corrected chi connectivity index (χ2v) is 6.11. The molecule has 4 nitrogen and oxygen atoms in total. The van der Waals surface area contributed by atoms with Crippen molar-refractivity contribution in [2.75, 3.05) is 13.1 Å². The zero-order valence-electron chi connectivity index (χ0n) is 11.7. The maximum Gasteiger partial charge on any atom is 0.0764 e. The average molecular weight is 263 g/mol. The third kappa shape index (κ3) is 3.37. The van der Waals surface area contributed by atoms with Gasteiger partial charge in [0, 0.05) is 19.3 Å². The number of β-amino-alcohol motifs (C(OH)–C–C–N with tert-alkyl or cyclic N) is 1. The molecule has 3 rings (SSSR count). The van der Waals surface area contributed by atoms with Crippen LogP contribution in [0.4, 0.5) is 0 Å². The van der Waals surface area contributed by atoms with Crippen LogP contribution in [0.15, 0.2) is 12.3 Å². The molecule has 19 heavy (non-hydrogen) atoms.